The van der Waals surface area contributed by atoms with Crippen molar-refractivity contribution in [3.05, 3.63) is 5.89 Å². The smallest absolute Gasteiger partial charge is 0.315 e. The van der Waals surface area contributed by atoms with Crippen LogP contribution < -0.4 is 5.32 Å². The first-order chi connectivity index (χ1) is 11.2. The molecule has 0 spiro atoms. The number of hydrogen-bond acceptors (Lipinski definition) is 6. The number of likely N-dealkylation sites (N-methyl/N-ethyl adjacent to an activating group) is 1. The molecule has 2 heterocycles. The van der Waals surface area contributed by atoms with Crippen LogP contribution in [0.3, 0.4) is 0 Å². The average Bonchev–Trinajstić information content (AvgIpc) is 3.03. The van der Waals surface area contributed by atoms with Gasteiger partial charge in [-0.2, -0.15) is 0 Å². The molecule has 3 rings (SSSR count). The summed E-state index contributed by atoms with van der Waals surface area (Å²) in [6, 6.07) is 0.590. The Balaban J connectivity index is 1.63. The molecule has 1 aromatic heterocycles. The van der Waals surface area contributed by atoms with Crippen molar-refractivity contribution < 1.29 is 4.42 Å². The molecule has 0 unspecified atom stereocenters. The predicted octanol–water partition coefficient (Wildman–Crippen LogP) is 2.38. The van der Waals surface area contributed by atoms with Gasteiger partial charge in [0.25, 0.3) is 0 Å². The summed E-state index contributed by atoms with van der Waals surface area (Å²) in [7, 11) is 2.22. The molecule has 2 fully saturated rings. The zero-order chi connectivity index (χ0) is 16.1. The van der Waals surface area contributed by atoms with E-state index in [0.717, 1.165) is 25.3 Å². The molecule has 1 aliphatic heterocycles. The van der Waals surface area contributed by atoms with Crippen LogP contribution in [0.2, 0.25) is 0 Å². The third-order valence-electron chi connectivity index (χ3n) is 5.46. The van der Waals surface area contributed by atoms with Crippen molar-refractivity contribution >= 4 is 6.01 Å². The lowest BCUT2D eigenvalue weighted by molar-refractivity contribution is 0.0218. The van der Waals surface area contributed by atoms with Crippen LogP contribution in [-0.4, -0.2) is 65.3 Å². The van der Waals surface area contributed by atoms with Crippen molar-refractivity contribution in [2.75, 3.05) is 45.1 Å². The van der Waals surface area contributed by atoms with Crippen molar-refractivity contribution in [2.45, 2.75) is 57.4 Å². The van der Waals surface area contributed by atoms with Gasteiger partial charge in [-0.15, -0.1) is 5.10 Å². The maximum Gasteiger partial charge on any atom is 0.315 e. The third-order valence-corrected chi connectivity index (χ3v) is 5.46. The van der Waals surface area contributed by atoms with Crippen LogP contribution in [-0.2, 0) is 6.42 Å². The second kappa shape index (κ2) is 7.62. The van der Waals surface area contributed by atoms with Gasteiger partial charge in [-0.05, 0) is 26.3 Å². The maximum absolute atomic E-state index is 5.70. The van der Waals surface area contributed by atoms with Gasteiger partial charge in [0.1, 0.15) is 0 Å². The molecule has 1 saturated carbocycles. The molecule has 0 aromatic carbocycles. The molecule has 0 bridgehead atoms. The van der Waals surface area contributed by atoms with Crippen LogP contribution in [0.1, 0.15) is 51.3 Å². The number of piperazine rings is 1. The predicted molar refractivity (Wildman–Crippen MR) is 91.7 cm³/mol. The molecule has 0 amide bonds. The Morgan fingerprint density at radius 1 is 1.09 bits per heavy atom. The Hall–Kier alpha value is -1.14. The van der Waals surface area contributed by atoms with E-state index >= 15 is 0 Å². The molecule has 2 aliphatic rings. The van der Waals surface area contributed by atoms with Gasteiger partial charge in [-0.1, -0.05) is 31.3 Å². The summed E-state index contributed by atoms with van der Waals surface area (Å²) in [6.07, 6.45) is 8.49. The van der Waals surface area contributed by atoms with Gasteiger partial charge in [0.15, 0.2) is 0 Å². The zero-order valence-electron chi connectivity index (χ0n) is 14.7. The molecule has 130 valence electrons. The molecular formula is C17H31N5O. The molecule has 1 aromatic rings. The largest absolute Gasteiger partial charge is 0.408 e. The lowest BCUT2D eigenvalue weighted by Gasteiger charge is -2.49. The van der Waals surface area contributed by atoms with Crippen molar-refractivity contribution in [3.8, 4) is 0 Å². The molecule has 1 aliphatic carbocycles. The highest BCUT2D eigenvalue weighted by Crippen LogP contribution is 2.34. The first kappa shape index (κ1) is 16.7. The van der Waals surface area contributed by atoms with Gasteiger partial charge in [0.2, 0.25) is 5.89 Å². The van der Waals surface area contributed by atoms with Crippen LogP contribution in [0.25, 0.3) is 0 Å². The highest BCUT2D eigenvalue weighted by molar-refractivity contribution is 5.19. The SMILES string of the molecule is CCCc1nnc(NCC2(N3CCN(C)CC3)CCCCC2)o1. The molecular weight excluding hydrogens is 290 g/mol. The van der Waals surface area contributed by atoms with Crippen LogP contribution in [0.15, 0.2) is 4.42 Å². The van der Waals surface area contributed by atoms with Crippen LogP contribution >= 0.6 is 0 Å². The van der Waals surface area contributed by atoms with E-state index in [0.29, 0.717) is 6.01 Å². The Kier molecular flexibility index (Phi) is 5.54. The number of aryl methyl sites for hydroxylation is 1. The van der Waals surface area contributed by atoms with E-state index in [1.807, 2.05) is 0 Å². The second-order valence-corrected chi connectivity index (χ2v) is 7.18. The van der Waals surface area contributed by atoms with E-state index in [2.05, 4.69) is 39.3 Å². The number of nitrogens with zero attached hydrogens (tertiary/aromatic N) is 4. The first-order valence-electron chi connectivity index (χ1n) is 9.22. The average molecular weight is 321 g/mol. The Labute approximate surface area is 139 Å². The molecule has 1 saturated heterocycles. The van der Waals surface area contributed by atoms with Crippen LogP contribution in [0, 0.1) is 0 Å². The highest BCUT2D eigenvalue weighted by Gasteiger charge is 2.39. The standard InChI is InChI=1S/C17H31N5O/c1-3-7-15-19-20-16(23-15)18-14-17(8-5-4-6-9-17)22-12-10-21(2)11-13-22/h3-14H2,1-2H3,(H,18,20). The van der Waals surface area contributed by atoms with Crippen molar-refractivity contribution in [2.24, 2.45) is 0 Å². The number of hydrogen-bond donors (Lipinski definition) is 1. The van der Waals surface area contributed by atoms with Crippen LogP contribution in [0.5, 0.6) is 0 Å². The lowest BCUT2D eigenvalue weighted by Crippen LogP contribution is -2.60. The lowest BCUT2D eigenvalue weighted by atomic mass is 9.79. The number of rotatable bonds is 6. The molecule has 0 atom stereocenters. The minimum Gasteiger partial charge on any atom is -0.408 e. The van der Waals surface area contributed by atoms with Gasteiger partial charge >= 0.3 is 6.01 Å². The fourth-order valence-corrected chi connectivity index (χ4v) is 3.98. The Morgan fingerprint density at radius 3 is 2.52 bits per heavy atom. The highest BCUT2D eigenvalue weighted by atomic mass is 16.4. The summed E-state index contributed by atoms with van der Waals surface area (Å²) >= 11 is 0. The summed E-state index contributed by atoms with van der Waals surface area (Å²) in [5.74, 6) is 0.743. The molecule has 0 radical (unpaired) electrons. The van der Waals surface area contributed by atoms with Crippen molar-refractivity contribution in [1.29, 1.82) is 0 Å². The second-order valence-electron chi connectivity index (χ2n) is 7.18. The monoisotopic (exact) mass is 321 g/mol. The molecule has 23 heavy (non-hydrogen) atoms. The van der Waals surface area contributed by atoms with Gasteiger partial charge in [0, 0.05) is 44.7 Å². The minimum absolute atomic E-state index is 0.263. The fourth-order valence-electron chi connectivity index (χ4n) is 3.98. The van der Waals surface area contributed by atoms with E-state index in [1.54, 1.807) is 0 Å². The van der Waals surface area contributed by atoms with Gasteiger partial charge in [-0.25, -0.2) is 0 Å². The van der Waals surface area contributed by atoms with E-state index in [9.17, 15) is 0 Å². The summed E-state index contributed by atoms with van der Waals surface area (Å²) < 4.78 is 5.70. The number of anilines is 1. The van der Waals surface area contributed by atoms with Crippen molar-refractivity contribution in [1.82, 2.24) is 20.0 Å². The van der Waals surface area contributed by atoms with E-state index in [4.69, 9.17) is 4.42 Å². The summed E-state index contributed by atoms with van der Waals surface area (Å²) in [5, 5.41) is 11.7. The Morgan fingerprint density at radius 2 is 1.83 bits per heavy atom. The molecule has 6 nitrogen and oxygen atoms in total. The van der Waals surface area contributed by atoms with E-state index in [-0.39, 0.29) is 5.54 Å². The summed E-state index contributed by atoms with van der Waals surface area (Å²) in [6.45, 7) is 7.73. The van der Waals surface area contributed by atoms with Crippen LogP contribution in [0.4, 0.5) is 6.01 Å². The Bertz CT molecular complexity index is 475. The van der Waals surface area contributed by atoms with Crippen molar-refractivity contribution in [3.63, 3.8) is 0 Å². The first-order valence-corrected chi connectivity index (χ1v) is 9.22. The summed E-state index contributed by atoms with van der Waals surface area (Å²) in [5.41, 5.74) is 0.263. The fraction of sp³-hybridized carbons (Fsp3) is 0.882. The zero-order valence-corrected chi connectivity index (χ0v) is 14.7. The van der Waals surface area contributed by atoms with E-state index < -0.39 is 0 Å². The number of nitrogens with one attached hydrogen (secondary N) is 1. The quantitative estimate of drug-likeness (QED) is 0.868. The molecule has 1 N–H and O–H groups in total. The third kappa shape index (κ3) is 4.04. The van der Waals surface area contributed by atoms with Gasteiger partial charge in [-0.3, -0.25) is 4.90 Å². The normalized spacial score (nSPS) is 23.0. The maximum atomic E-state index is 5.70. The topological polar surface area (TPSA) is 57.4 Å². The van der Waals surface area contributed by atoms with E-state index in [1.165, 1.54) is 58.3 Å². The van der Waals surface area contributed by atoms with Gasteiger partial charge in [0.05, 0.1) is 0 Å². The number of aromatic nitrogens is 2. The summed E-state index contributed by atoms with van der Waals surface area (Å²) in [4.78, 5) is 5.14. The van der Waals surface area contributed by atoms with Gasteiger partial charge < -0.3 is 14.6 Å². The molecule has 6 heteroatoms. The minimum atomic E-state index is 0.263.